The predicted molar refractivity (Wildman–Crippen MR) is 130 cm³/mol. The zero-order valence-corrected chi connectivity index (χ0v) is 19.5. The highest BCUT2D eigenvalue weighted by Gasteiger charge is 2.18. The van der Waals surface area contributed by atoms with Crippen LogP contribution in [0.25, 0.3) is 33.1 Å². The van der Waals surface area contributed by atoms with Crippen molar-refractivity contribution in [2.45, 2.75) is 39.7 Å². The summed E-state index contributed by atoms with van der Waals surface area (Å²) in [4.78, 5) is 25.0. The first-order chi connectivity index (χ1) is 15.8. The lowest BCUT2D eigenvalue weighted by Crippen LogP contribution is -2.41. The second kappa shape index (κ2) is 9.41. The van der Waals surface area contributed by atoms with Crippen LogP contribution in [0.3, 0.4) is 0 Å². The summed E-state index contributed by atoms with van der Waals surface area (Å²) in [5.41, 5.74) is 3.73. The number of benzene rings is 2. The lowest BCUT2D eigenvalue weighted by molar-refractivity contribution is -0.122. The monoisotopic (exact) mass is 467 g/mol. The van der Waals surface area contributed by atoms with Gasteiger partial charge in [0.05, 0.1) is 18.9 Å². The molecule has 0 bridgehead atoms. The molecule has 4 aromatic rings. The van der Waals surface area contributed by atoms with Gasteiger partial charge in [0.2, 0.25) is 5.91 Å². The number of aryl methyl sites for hydroxylation is 1. The second-order valence-electron chi connectivity index (χ2n) is 8.59. The molecule has 2 N–H and O–H groups in total. The van der Waals surface area contributed by atoms with Crippen molar-refractivity contribution >= 4 is 39.4 Å². The van der Waals surface area contributed by atoms with E-state index in [-0.39, 0.29) is 37.3 Å². The molecule has 0 saturated heterocycles. The summed E-state index contributed by atoms with van der Waals surface area (Å²) in [5.74, 6) is -0.101. The Morgan fingerprint density at radius 2 is 1.85 bits per heavy atom. The summed E-state index contributed by atoms with van der Waals surface area (Å²) in [6, 6.07) is 10.9. The van der Waals surface area contributed by atoms with E-state index in [2.05, 4.69) is 5.32 Å². The standard InChI is InChI=1S/C26H26ClNO5/c1-14(2)22(12-29)28-25(30)9-8-18-15(3)19-10-20-21(16-4-6-17(27)7-5-16)13-32-23(20)11-24(19)33-26(18)31/h4-7,10-11,13-14,22,29H,8-9,12H2,1-3H3,(H,28,30)/t22-/m1/s1. The van der Waals surface area contributed by atoms with Gasteiger partial charge in [-0.25, -0.2) is 4.79 Å². The van der Waals surface area contributed by atoms with E-state index in [0.717, 1.165) is 27.5 Å². The highest BCUT2D eigenvalue weighted by atomic mass is 35.5. The summed E-state index contributed by atoms with van der Waals surface area (Å²) in [6.45, 7) is 5.60. The topological polar surface area (TPSA) is 92.7 Å². The number of aliphatic hydroxyl groups is 1. The van der Waals surface area contributed by atoms with Crippen LogP contribution in [0, 0.1) is 12.8 Å². The van der Waals surface area contributed by atoms with Crippen molar-refractivity contribution < 1.29 is 18.7 Å². The highest BCUT2D eigenvalue weighted by molar-refractivity contribution is 6.30. The summed E-state index contributed by atoms with van der Waals surface area (Å²) >= 11 is 6.02. The molecule has 0 aliphatic heterocycles. The fourth-order valence-electron chi connectivity index (χ4n) is 3.99. The van der Waals surface area contributed by atoms with Crippen molar-refractivity contribution in [3.05, 3.63) is 69.2 Å². The number of carbonyl (C=O) groups is 1. The molecule has 6 nitrogen and oxygen atoms in total. The van der Waals surface area contributed by atoms with E-state index in [0.29, 0.717) is 21.8 Å². The van der Waals surface area contributed by atoms with Gasteiger partial charge in [-0.2, -0.15) is 0 Å². The first-order valence-corrected chi connectivity index (χ1v) is 11.3. The Hall–Kier alpha value is -3.09. The Morgan fingerprint density at radius 3 is 2.52 bits per heavy atom. The van der Waals surface area contributed by atoms with E-state index in [4.69, 9.17) is 20.4 Å². The van der Waals surface area contributed by atoms with Gasteiger partial charge < -0.3 is 19.3 Å². The van der Waals surface area contributed by atoms with Crippen molar-refractivity contribution in [2.24, 2.45) is 5.92 Å². The highest BCUT2D eigenvalue weighted by Crippen LogP contribution is 2.35. The molecular weight excluding hydrogens is 442 g/mol. The molecule has 2 heterocycles. The molecule has 0 aliphatic carbocycles. The van der Waals surface area contributed by atoms with Crippen LogP contribution in [-0.4, -0.2) is 23.7 Å². The van der Waals surface area contributed by atoms with Gasteiger partial charge in [0, 0.05) is 39.4 Å². The minimum absolute atomic E-state index is 0.110. The molecule has 0 unspecified atom stereocenters. The number of nitrogens with one attached hydrogen (secondary N) is 1. The third-order valence-electron chi connectivity index (χ3n) is 6.09. The van der Waals surface area contributed by atoms with Gasteiger partial charge in [0.25, 0.3) is 0 Å². The second-order valence-corrected chi connectivity index (χ2v) is 9.03. The van der Waals surface area contributed by atoms with Gasteiger partial charge in [-0.3, -0.25) is 4.79 Å². The van der Waals surface area contributed by atoms with Crippen molar-refractivity contribution in [1.29, 1.82) is 0 Å². The van der Waals surface area contributed by atoms with Crippen molar-refractivity contribution in [3.8, 4) is 11.1 Å². The van der Waals surface area contributed by atoms with Gasteiger partial charge >= 0.3 is 5.63 Å². The van der Waals surface area contributed by atoms with Crippen molar-refractivity contribution in [3.63, 3.8) is 0 Å². The molecule has 7 heteroatoms. The van der Waals surface area contributed by atoms with Crippen molar-refractivity contribution in [2.75, 3.05) is 6.61 Å². The summed E-state index contributed by atoms with van der Waals surface area (Å²) in [6.07, 6.45) is 2.06. The Bertz CT molecular complexity index is 1370. The molecule has 33 heavy (non-hydrogen) atoms. The average molecular weight is 468 g/mol. The van der Waals surface area contributed by atoms with E-state index in [9.17, 15) is 14.7 Å². The first-order valence-electron chi connectivity index (χ1n) is 10.9. The number of rotatable bonds is 7. The normalized spacial score (nSPS) is 12.5. The number of hydrogen-bond acceptors (Lipinski definition) is 5. The quantitative estimate of drug-likeness (QED) is 0.363. The molecule has 4 rings (SSSR count). The van der Waals surface area contributed by atoms with Crippen LogP contribution in [0.4, 0.5) is 0 Å². The van der Waals surface area contributed by atoms with Crippen LogP contribution in [0.2, 0.25) is 5.02 Å². The lowest BCUT2D eigenvalue weighted by atomic mass is 9.98. The molecule has 0 radical (unpaired) electrons. The molecule has 1 atom stereocenters. The Kier molecular flexibility index (Phi) is 6.58. The molecule has 0 saturated carbocycles. The molecule has 0 aliphatic rings. The van der Waals surface area contributed by atoms with Crippen LogP contribution >= 0.6 is 11.6 Å². The van der Waals surface area contributed by atoms with Crippen LogP contribution in [0.5, 0.6) is 0 Å². The lowest BCUT2D eigenvalue weighted by Gasteiger charge is -2.19. The maximum absolute atomic E-state index is 12.7. The van der Waals surface area contributed by atoms with Crippen LogP contribution in [0.15, 0.2) is 56.3 Å². The first kappa shape index (κ1) is 23.1. The summed E-state index contributed by atoms with van der Waals surface area (Å²) in [5, 5.41) is 14.6. The third-order valence-corrected chi connectivity index (χ3v) is 6.34. The fraction of sp³-hybridized carbons (Fsp3) is 0.308. The van der Waals surface area contributed by atoms with E-state index >= 15 is 0 Å². The SMILES string of the molecule is Cc1c(CCC(=O)N[C@H](CO)C(C)C)c(=O)oc2cc3occ(-c4ccc(Cl)cc4)c3cc12. The average Bonchev–Trinajstić information content (AvgIpc) is 3.19. The smallest absolute Gasteiger partial charge is 0.339 e. The van der Waals surface area contributed by atoms with Crippen LogP contribution < -0.4 is 10.9 Å². The van der Waals surface area contributed by atoms with Crippen LogP contribution in [0.1, 0.15) is 31.4 Å². The number of halogens is 1. The van der Waals surface area contributed by atoms with E-state index in [1.54, 1.807) is 12.3 Å². The summed E-state index contributed by atoms with van der Waals surface area (Å²) < 4.78 is 11.3. The maximum Gasteiger partial charge on any atom is 0.339 e. The number of aliphatic hydroxyl groups excluding tert-OH is 1. The fourth-order valence-corrected chi connectivity index (χ4v) is 4.12. The molecular formula is C26H26ClNO5. The summed E-state index contributed by atoms with van der Waals surface area (Å²) in [7, 11) is 0. The number of carbonyl (C=O) groups excluding carboxylic acids is 1. The molecule has 2 aromatic heterocycles. The Labute approximate surface area is 196 Å². The number of furan rings is 1. The molecule has 172 valence electrons. The zero-order valence-electron chi connectivity index (χ0n) is 18.8. The van der Waals surface area contributed by atoms with Crippen LogP contribution in [-0.2, 0) is 11.2 Å². The molecule has 0 spiro atoms. The Balaban J connectivity index is 1.68. The molecule has 0 fully saturated rings. The third kappa shape index (κ3) is 4.68. The predicted octanol–water partition coefficient (Wildman–Crippen LogP) is 5.23. The van der Waals surface area contributed by atoms with Gasteiger partial charge in [-0.05, 0) is 48.6 Å². The van der Waals surface area contributed by atoms with E-state index in [1.807, 2.05) is 51.1 Å². The number of amides is 1. The molecule has 1 amide bonds. The minimum atomic E-state index is -0.459. The maximum atomic E-state index is 12.7. The molecule has 2 aromatic carbocycles. The van der Waals surface area contributed by atoms with E-state index < -0.39 is 5.63 Å². The van der Waals surface area contributed by atoms with Gasteiger partial charge in [-0.15, -0.1) is 0 Å². The Morgan fingerprint density at radius 1 is 1.12 bits per heavy atom. The zero-order chi connectivity index (χ0) is 23.7. The number of hydrogen-bond donors (Lipinski definition) is 2. The van der Waals surface area contributed by atoms with Gasteiger partial charge in [0.1, 0.15) is 11.2 Å². The minimum Gasteiger partial charge on any atom is -0.464 e. The number of fused-ring (bicyclic) bond motifs is 2. The van der Waals surface area contributed by atoms with Gasteiger partial charge in [-0.1, -0.05) is 37.6 Å². The van der Waals surface area contributed by atoms with E-state index in [1.165, 1.54) is 0 Å². The van der Waals surface area contributed by atoms with Crippen molar-refractivity contribution in [1.82, 2.24) is 5.32 Å². The largest absolute Gasteiger partial charge is 0.464 e. The van der Waals surface area contributed by atoms with Gasteiger partial charge in [0.15, 0.2) is 0 Å².